The Labute approximate surface area is 111 Å². The van der Waals surface area contributed by atoms with Crippen LogP contribution in [0, 0.1) is 12.5 Å². The number of ether oxygens (including phenoxy) is 1. The molecule has 0 unspecified atom stereocenters. The fourth-order valence-corrected chi connectivity index (χ4v) is 1.52. The summed E-state index contributed by atoms with van der Waals surface area (Å²) in [6.45, 7) is 10.0. The van der Waals surface area contributed by atoms with Gasteiger partial charge < -0.3 is 9.64 Å². The second-order valence-electron chi connectivity index (χ2n) is 5.00. The molecule has 0 saturated heterocycles. The SMILES string of the molecule is C#CN(CC)Cc1ccc(OC(C)(C)CC)cc1. The molecule has 1 aromatic carbocycles. The second kappa shape index (κ2) is 6.35. The van der Waals surface area contributed by atoms with Crippen molar-refractivity contribution in [3.8, 4) is 18.2 Å². The van der Waals surface area contributed by atoms with E-state index in [-0.39, 0.29) is 5.60 Å². The number of hydrogen-bond acceptors (Lipinski definition) is 2. The lowest BCUT2D eigenvalue weighted by atomic mass is 10.1. The molecule has 0 aliphatic heterocycles. The standard InChI is InChI=1S/C16H23NO/c1-6-16(4,5)18-15-11-9-14(10-12-15)13-17(7-2)8-3/h2,9-12H,6,8,13H2,1,3-5H3. The molecule has 18 heavy (non-hydrogen) atoms. The van der Waals surface area contributed by atoms with Gasteiger partial charge in [0.2, 0.25) is 0 Å². The summed E-state index contributed by atoms with van der Waals surface area (Å²) in [6.07, 6.45) is 6.40. The third kappa shape index (κ3) is 4.33. The van der Waals surface area contributed by atoms with Gasteiger partial charge in [-0.1, -0.05) is 25.5 Å². The van der Waals surface area contributed by atoms with Gasteiger partial charge in [-0.2, -0.15) is 0 Å². The van der Waals surface area contributed by atoms with Crippen LogP contribution in [0.2, 0.25) is 0 Å². The summed E-state index contributed by atoms with van der Waals surface area (Å²) < 4.78 is 5.91. The first-order valence-electron chi connectivity index (χ1n) is 6.50. The van der Waals surface area contributed by atoms with Crippen molar-refractivity contribution in [3.63, 3.8) is 0 Å². The smallest absolute Gasteiger partial charge is 0.120 e. The lowest BCUT2D eigenvalue weighted by Gasteiger charge is -2.25. The first-order valence-corrected chi connectivity index (χ1v) is 6.50. The van der Waals surface area contributed by atoms with E-state index in [0.29, 0.717) is 0 Å². The second-order valence-corrected chi connectivity index (χ2v) is 5.00. The number of terminal acetylenes is 1. The number of hydrogen-bond donors (Lipinski definition) is 0. The Hall–Kier alpha value is -1.62. The molecule has 0 fully saturated rings. The van der Waals surface area contributed by atoms with Crippen LogP contribution < -0.4 is 4.74 Å². The van der Waals surface area contributed by atoms with Crippen LogP contribution >= 0.6 is 0 Å². The summed E-state index contributed by atoms with van der Waals surface area (Å²) in [6, 6.07) is 10.8. The Bertz CT molecular complexity index is 400. The molecule has 0 atom stereocenters. The maximum atomic E-state index is 5.91. The van der Waals surface area contributed by atoms with Crippen molar-refractivity contribution < 1.29 is 4.74 Å². The molecule has 0 bridgehead atoms. The first kappa shape index (κ1) is 14.4. The van der Waals surface area contributed by atoms with Crippen LogP contribution in [0.3, 0.4) is 0 Å². The largest absolute Gasteiger partial charge is 0.488 e. The van der Waals surface area contributed by atoms with Crippen molar-refractivity contribution in [2.75, 3.05) is 6.54 Å². The van der Waals surface area contributed by atoms with E-state index in [1.54, 1.807) is 0 Å². The van der Waals surface area contributed by atoms with Crippen LogP contribution in [0.25, 0.3) is 0 Å². The zero-order valence-electron chi connectivity index (χ0n) is 11.9. The number of nitrogens with zero attached hydrogens (tertiary/aromatic N) is 1. The highest BCUT2D eigenvalue weighted by atomic mass is 16.5. The molecule has 0 aromatic heterocycles. The minimum Gasteiger partial charge on any atom is -0.488 e. The van der Waals surface area contributed by atoms with Gasteiger partial charge in [-0.3, -0.25) is 0 Å². The Kier molecular flexibility index (Phi) is 5.09. The van der Waals surface area contributed by atoms with E-state index in [0.717, 1.165) is 25.3 Å². The van der Waals surface area contributed by atoms with Crippen molar-refractivity contribution in [3.05, 3.63) is 29.8 Å². The van der Waals surface area contributed by atoms with Crippen molar-refractivity contribution in [1.82, 2.24) is 4.90 Å². The molecule has 0 radical (unpaired) electrons. The highest BCUT2D eigenvalue weighted by Gasteiger charge is 2.16. The normalized spacial score (nSPS) is 10.8. The van der Waals surface area contributed by atoms with Crippen LogP contribution in [0.5, 0.6) is 5.75 Å². The highest BCUT2D eigenvalue weighted by Crippen LogP contribution is 2.21. The molecule has 0 saturated carbocycles. The van der Waals surface area contributed by atoms with E-state index in [1.807, 2.05) is 17.0 Å². The molecule has 1 aromatic rings. The lowest BCUT2D eigenvalue weighted by Crippen LogP contribution is -2.26. The van der Waals surface area contributed by atoms with E-state index in [9.17, 15) is 0 Å². The Morgan fingerprint density at radius 1 is 1.22 bits per heavy atom. The van der Waals surface area contributed by atoms with Gasteiger partial charge >= 0.3 is 0 Å². The van der Waals surface area contributed by atoms with Gasteiger partial charge in [-0.15, -0.1) is 0 Å². The van der Waals surface area contributed by atoms with Crippen molar-refractivity contribution in [2.45, 2.75) is 46.3 Å². The van der Waals surface area contributed by atoms with Gasteiger partial charge in [0, 0.05) is 12.6 Å². The van der Waals surface area contributed by atoms with Crippen LogP contribution in [0.4, 0.5) is 0 Å². The minimum absolute atomic E-state index is 0.115. The molecule has 2 heteroatoms. The van der Waals surface area contributed by atoms with Crippen LogP contribution in [0.15, 0.2) is 24.3 Å². The van der Waals surface area contributed by atoms with E-state index in [4.69, 9.17) is 11.2 Å². The van der Waals surface area contributed by atoms with Crippen molar-refractivity contribution in [2.24, 2.45) is 0 Å². The van der Waals surface area contributed by atoms with Gasteiger partial charge in [-0.05, 0) is 44.9 Å². The molecule has 98 valence electrons. The third-order valence-corrected chi connectivity index (χ3v) is 3.11. The van der Waals surface area contributed by atoms with E-state index < -0.39 is 0 Å². The summed E-state index contributed by atoms with van der Waals surface area (Å²) in [5.74, 6) is 0.911. The van der Waals surface area contributed by atoms with Crippen LogP contribution in [0.1, 0.15) is 39.7 Å². The molecule has 0 aliphatic rings. The third-order valence-electron chi connectivity index (χ3n) is 3.11. The quantitative estimate of drug-likeness (QED) is 0.560. The maximum absolute atomic E-state index is 5.91. The first-order chi connectivity index (χ1) is 8.50. The molecule has 2 nitrogen and oxygen atoms in total. The molecule has 0 heterocycles. The summed E-state index contributed by atoms with van der Waals surface area (Å²) >= 11 is 0. The molecule has 1 rings (SSSR count). The molecule has 0 N–H and O–H groups in total. The molecular formula is C16H23NO. The van der Waals surface area contributed by atoms with Crippen molar-refractivity contribution >= 4 is 0 Å². The average Bonchev–Trinajstić information content (AvgIpc) is 2.37. The highest BCUT2D eigenvalue weighted by molar-refractivity contribution is 5.28. The molecule has 0 aliphatic carbocycles. The monoisotopic (exact) mass is 245 g/mol. The van der Waals surface area contributed by atoms with Gasteiger partial charge in [0.25, 0.3) is 0 Å². The summed E-state index contributed by atoms with van der Waals surface area (Å²) in [4.78, 5) is 1.94. The molecule has 0 spiro atoms. The molecular weight excluding hydrogens is 222 g/mol. The summed E-state index contributed by atoms with van der Waals surface area (Å²) in [5.41, 5.74) is 1.09. The Morgan fingerprint density at radius 2 is 1.83 bits per heavy atom. The Balaban J connectivity index is 2.66. The topological polar surface area (TPSA) is 12.5 Å². The van der Waals surface area contributed by atoms with E-state index in [2.05, 4.69) is 45.9 Å². The number of rotatable bonds is 6. The van der Waals surface area contributed by atoms with Gasteiger partial charge in [0.15, 0.2) is 0 Å². The van der Waals surface area contributed by atoms with E-state index in [1.165, 1.54) is 5.56 Å². The Morgan fingerprint density at radius 3 is 2.28 bits per heavy atom. The van der Waals surface area contributed by atoms with E-state index >= 15 is 0 Å². The maximum Gasteiger partial charge on any atom is 0.120 e. The lowest BCUT2D eigenvalue weighted by molar-refractivity contribution is 0.105. The summed E-state index contributed by atoms with van der Waals surface area (Å²) in [5, 5.41) is 0. The van der Waals surface area contributed by atoms with Gasteiger partial charge in [-0.25, -0.2) is 0 Å². The average molecular weight is 245 g/mol. The summed E-state index contributed by atoms with van der Waals surface area (Å²) in [7, 11) is 0. The predicted molar refractivity (Wildman–Crippen MR) is 76.4 cm³/mol. The van der Waals surface area contributed by atoms with Crippen LogP contribution in [-0.4, -0.2) is 17.0 Å². The number of benzene rings is 1. The van der Waals surface area contributed by atoms with Crippen molar-refractivity contribution in [1.29, 1.82) is 0 Å². The minimum atomic E-state index is -0.115. The predicted octanol–water partition coefficient (Wildman–Crippen LogP) is 3.67. The van der Waals surface area contributed by atoms with Gasteiger partial charge in [0.05, 0.1) is 6.54 Å². The zero-order valence-corrected chi connectivity index (χ0v) is 11.9. The van der Waals surface area contributed by atoms with Gasteiger partial charge in [0.1, 0.15) is 11.4 Å². The fraction of sp³-hybridized carbons (Fsp3) is 0.500. The molecule has 0 amide bonds. The van der Waals surface area contributed by atoms with Crippen LogP contribution in [-0.2, 0) is 6.54 Å². The zero-order chi connectivity index (χ0) is 13.6. The fourth-order valence-electron chi connectivity index (χ4n) is 1.52.